The van der Waals surface area contributed by atoms with Crippen LogP contribution in [0.25, 0.3) is 0 Å². The van der Waals surface area contributed by atoms with Crippen molar-refractivity contribution >= 4 is 42.3 Å². The van der Waals surface area contributed by atoms with Crippen LogP contribution in [0.3, 0.4) is 0 Å². The van der Waals surface area contributed by atoms with Crippen LogP contribution in [-0.4, -0.2) is 60.6 Å². The van der Waals surface area contributed by atoms with Crippen LogP contribution in [0.15, 0.2) is 24.3 Å². The minimum absolute atomic E-state index is 0. The van der Waals surface area contributed by atoms with Gasteiger partial charge >= 0.3 is 0 Å². The molecule has 0 saturated carbocycles. The molecule has 2 aliphatic heterocycles. The van der Waals surface area contributed by atoms with Crippen LogP contribution in [0.4, 0.5) is 0 Å². The Hall–Kier alpha value is -0.560. The third-order valence-corrected chi connectivity index (χ3v) is 4.86. The first-order valence-corrected chi connectivity index (χ1v) is 8.64. The second-order valence-electron chi connectivity index (χ2n) is 6.29. The number of nitrogens with zero attached hydrogens (tertiary/aromatic N) is 2. The zero-order valence-corrected chi connectivity index (χ0v) is 16.5. The largest absolute Gasteiger partial charge is 0.364 e. The van der Waals surface area contributed by atoms with Gasteiger partial charge < -0.3 is 15.4 Å². The smallest absolute Gasteiger partial charge is 0.251 e. The van der Waals surface area contributed by atoms with E-state index in [1.54, 1.807) is 0 Å². The van der Waals surface area contributed by atoms with Gasteiger partial charge in [-0.15, -0.1) is 24.8 Å². The highest BCUT2D eigenvalue weighted by Gasteiger charge is 2.34. The molecule has 3 rings (SSSR count). The second-order valence-corrected chi connectivity index (χ2v) is 6.73. The minimum Gasteiger partial charge on any atom is -0.364 e. The van der Waals surface area contributed by atoms with Gasteiger partial charge in [0.25, 0.3) is 5.91 Å². The fourth-order valence-corrected chi connectivity index (χ4v) is 3.50. The standard InChI is InChI=1S/C17H24ClN3O2.2ClH/c18-14-3-1-2-13(10-14)12-20-6-8-21(9-7-20)17(22)16-5-4-15(11-19)23-16;;/h1-3,10,15-16H,4-9,11-12,19H2;2*1H/t15-,16+;;/m1../s1. The first-order chi connectivity index (χ1) is 11.2. The molecule has 2 aliphatic rings. The summed E-state index contributed by atoms with van der Waals surface area (Å²) in [6.45, 7) is 4.64. The summed E-state index contributed by atoms with van der Waals surface area (Å²) in [6.07, 6.45) is 1.45. The maximum Gasteiger partial charge on any atom is 0.251 e. The van der Waals surface area contributed by atoms with Gasteiger partial charge in [-0.1, -0.05) is 23.7 Å². The van der Waals surface area contributed by atoms with Gasteiger partial charge in [0.15, 0.2) is 0 Å². The molecule has 0 aliphatic carbocycles. The average molecular weight is 411 g/mol. The van der Waals surface area contributed by atoms with Crippen LogP contribution in [0.2, 0.25) is 5.02 Å². The van der Waals surface area contributed by atoms with Gasteiger partial charge in [-0.05, 0) is 30.5 Å². The van der Waals surface area contributed by atoms with Crippen molar-refractivity contribution < 1.29 is 9.53 Å². The second kappa shape index (κ2) is 10.6. The normalized spacial score (nSPS) is 23.7. The first kappa shape index (κ1) is 22.5. The molecule has 2 saturated heterocycles. The summed E-state index contributed by atoms with van der Waals surface area (Å²) in [5.74, 6) is 0.128. The molecule has 2 atom stereocenters. The Balaban J connectivity index is 0.00000156. The lowest BCUT2D eigenvalue weighted by Gasteiger charge is -2.35. The average Bonchev–Trinajstić information content (AvgIpc) is 3.04. The molecule has 25 heavy (non-hydrogen) atoms. The highest BCUT2D eigenvalue weighted by molar-refractivity contribution is 6.30. The van der Waals surface area contributed by atoms with Crippen LogP contribution >= 0.6 is 36.4 Å². The van der Waals surface area contributed by atoms with Crippen molar-refractivity contribution in [2.24, 2.45) is 5.73 Å². The maximum absolute atomic E-state index is 12.5. The van der Waals surface area contributed by atoms with Crippen LogP contribution in [0, 0.1) is 0 Å². The summed E-state index contributed by atoms with van der Waals surface area (Å²) >= 11 is 6.03. The summed E-state index contributed by atoms with van der Waals surface area (Å²) in [7, 11) is 0. The number of hydrogen-bond donors (Lipinski definition) is 1. The molecule has 0 spiro atoms. The van der Waals surface area contributed by atoms with E-state index in [-0.39, 0.29) is 42.9 Å². The molecule has 0 unspecified atom stereocenters. The van der Waals surface area contributed by atoms with Crippen LogP contribution < -0.4 is 5.73 Å². The summed E-state index contributed by atoms with van der Waals surface area (Å²) in [5.41, 5.74) is 6.82. The predicted octanol–water partition coefficient (Wildman–Crippen LogP) is 2.33. The zero-order chi connectivity index (χ0) is 16.2. The number of ether oxygens (including phenoxy) is 1. The van der Waals surface area contributed by atoms with E-state index in [1.165, 1.54) is 5.56 Å². The Morgan fingerprint density at radius 3 is 2.52 bits per heavy atom. The molecule has 5 nitrogen and oxygen atoms in total. The zero-order valence-electron chi connectivity index (χ0n) is 14.1. The van der Waals surface area contributed by atoms with Crippen molar-refractivity contribution in [3.05, 3.63) is 34.9 Å². The molecular formula is C17H26Cl3N3O2. The number of amides is 1. The number of carbonyl (C=O) groups excluding carboxylic acids is 1. The van der Waals surface area contributed by atoms with Crippen LogP contribution in [-0.2, 0) is 16.1 Å². The Labute approximate surface area is 166 Å². The number of piperazine rings is 1. The van der Waals surface area contributed by atoms with Crippen molar-refractivity contribution in [2.45, 2.75) is 31.6 Å². The number of nitrogens with two attached hydrogens (primary N) is 1. The number of benzene rings is 1. The topological polar surface area (TPSA) is 58.8 Å². The van der Waals surface area contributed by atoms with Gasteiger partial charge in [-0.25, -0.2) is 0 Å². The highest BCUT2D eigenvalue weighted by atomic mass is 35.5. The number of rotatable bonds is 4. The molecular weight excluding hydrogens is 385 g/mol. The fourth-order valence-electron chi connectivity index (χ4n) is 3.28. The van der Waals surface area contributed by atoms with Crippen molar-refractivity contribution in [3.8, 4) is 0 Å². The van der Waals surface area contributed by atoms with E-state index in [4.69, 9.17) is 22.1 Å². The molecule has 2 heterocycles. The molecule has 0 radical (unpaired) electrons. The maximum atomic E-state index is 12.5. The quantitative estimate of drug-likeness (QED) is 0.827. The Morgan fingerprint density at radius 1 is 1.20 bits per heavy atom. The van der Waals surface area contributed by atoms with Gasteiger partial charge in [-0.3, -0.25) is 9.69 Å². The number of hydrogen-bond acceptors (Lipinski definition) is 4. The highest BCUT2D eigenvalue weighted by Crippen LogP contribution is 2.21. The van der Waals surface area contributed by atoms with Gasteiger partial charge in [-0.2, -0.15) is 0 Å². The van der Waals surface area contributed by atoms with E-state index >= 15 is 0 Å². The van der Waals surface area contributed by atoms with Crippen LogP contribution in [0.5, 0.6) is 0 Å². The molecule has 0 bridgehead atoms. The van der Waals surface area contributed by atoms with E-state index in [1.807, 2.05) is 23.1 Å². The Kier molecular flexibility index (Phi) is 9.49. The molecule has 1 amide bonds. The van der Waals surface area contributed by atoms with Gasteiger partial charge in [0.05, 0.1) is 6.10 Å². The number of carbonyl (C=O) groups is 1. The summed E-state index contributed by atoms with van der Waals surface area (Å²) in [6, 6.07) is 7.95. The van der Waals surface area contributed by atoms with Crippen molar-refractivity contribution in [2.75, 3.05) is 32.7 Å². The van der Waals surface area contributed by atoms with E-state index in [0.717, 1.165) is 50.6 Å². The third kappa shape index (κ3) is 5.98. The molecule has 8 heteroatoms. The Morgan fingerprint density at radius 2 is 1.92 bits per heavy atom. The van der Waals surface area contributed by atoms with E-state index in [9.17, 15) is 4.79 Å². The van der Waals surface area contributed by atoms with E-state index in [0.29, 0.717) is 6.54 Å². The monoisotopic (exact) mass is 409 g/mol. The molecule has 1 aromatic carbocycles. The molecule has 2 fully saturated rings. The van der Waals surface area contributed by atoms with Gasteiger partial charge in [0.2, 0.25) is 0 Å². The molecule has 1 aromatic rings. The van der Waals surface area contributed by atoms with Crippen molar-refractivity contribution in [1.29, 1.82) is 0 Å². The molecule has 142 valence electrons. The first-order valence-electron chi connectivity index (χ1n) is 8.27. The minimum atomic E-state index is -0.289. The summed E-state index contributed by atoms with van der Waals surface area (Å²) in [5, 5.41) is 0.768. The molecule has 0 aromatic heterocycles. The van der Waals surface area contributed by atoms with Crippen molar-refractivity contribution in [1.82, 2.24) is 9.80 Å². The third-order valence-electron chi connectivity index (χ3n) is 4.63. The number of halogens is 3. The predicted molar refractivity (Wildman–Crippen MR) is 105 cm³/mol. The lowest BCUT2D eigenvalue weighted by atomic mass is 10.1. The van der Waals surface area contributed by atoms with E-state index < -0.39 is 0 Å². The van der Waals surface area contributed by atoms with Gasteiger partial charge in [0.1, 0.15) is 6.10 Å². The Bertz CT molecular complexity index is 554. The fraction of sp³-hybridized carbons (Fsp3) is 0.588. The lowest BCUT2D eigenvalue weighted by molar-refractivity contribution is -0.144. The van der Waals surface area contributed by atoms with E-state index in [2.05, 4.69) is 11.0 Å². The lowest BCUT2D eigenvalue weighted by Crippen LogP contribution is -2.51. The molecule has 2 N–H and O–H groups in total. The summed E-state index contributed by atoms with van der Waals surface area (Å²) in [4.78, 5) is 16.8. The SMILES string of the molecule is Cl.Cl.NC[C@H]1CC[C@@H](C(=O)N2CCN(Cc3cccc(Cl)c3)CC2)O1. The van der Waals surface area contributed by atoms with Crippen molar-refractivity contribution in [3.63, 3.8) is 0 Å². The van der Waals surface area contributed by atoms with Crippen LogP contribution in [0.1, 0.15) is 18.4 Å². The summed E-state index contributed by atoms with van der Waals surface area (Å²) < 4.78 is 5.72. The van der Waals surface area contributed by atoms with Gasteiger partial charge in [0, 0.05) is 44.3 Å².